The first-order valence-corrected chi connectivity index (χ1v) is 10.1. The largest absolute Gasteiger partial charge is 0.416 e. The van der Waals surface area contributed by atoms with Crippen LogP contribution in [0.2, 0.25) is 0 Å². The summed E-state index contributed by atoms with van der Waals surface area (Å²) in [7, 11) is 0. The van der Waals surface area contributed by atoms with Crippen molar-refractivity contribution in [2.24, 2.45) is 17.8 Å². The standard InChI is InChI=1S/C21H24F3N3O3/c1-11(2)16(8-20(14-5-6-14)18(29)25-19(30)26-20)17(28)27-9-12-3-4-15(21(22,23)24)7-13(12)10-27/h3-4,7,11,14,16H,5-6,8-10H2,1-2H3,(H2,25,26,29,30). The van der Waals surface area contributed by atoms with Gasteiger partial charge in [-0.3, -0.25) is 14.9 Å². The number of benzene rings is 1. The monoisotopic (exact) mass is 423 g/mol. The first-order valence-electron chi connectivity index (χ1n) is 10.1. The zero-order chi connectivity index (χ0) is 21.8. The molecule has 1 saturated carbocycles. The lowest BCUT2D eigenvalue weighted by atomic mass is 9.78. The van der Waals surface area contributed by atoms with E-state index in [1.165, 1.54) is 6.07 Å². The molecule has 2 N–H and O–H groups in total. The zero-order valence-corrected chi connectivity index (χ0v) is 16.8. The Hall–Kier alpha value is -2.58. The Morgan fingerprint density at radius 1 is 1.20 bits per heavy atom. The van der Waals surface area contributed by atoms with E-state index in [4.69, 9.17) is 0 Å². The highest BCUT2D eigenvalue weighted by atomic mass is 19.4. The number of alkyl halides is 3. The molecule has 162 valence electrons. The SMILES string of the molecule is CC(C)C(CC1(C2CC2)NC(=O)NC1=O)C(=O)N1Cc2ccc(C(F)(F)F)cc2C1. The summed E-state index contributed by atoms with van der Waals surface area (Å²) >= 11 is 0. The maximum atomic E-state index is 13.4. The van der Waals surface area contributed by atoms with Crippen LogP contribution in [0.15, 0.2) is 18.2 Å². The summed E-state index contributed by atoms with van der Waals surface area (Å²) in [4.78, 5) is 39.3. The van der Waals surface area contributed by atoms with Crippen LogP contribution in [-0.4, -0.2) is 28.3 Å². The highest BCUT2D eigenvalue weighted by Crippen LogP contribution is 2.46. The Bertz CT molecular complexity index is 910. The van der Waals surface area contributed by atoms with Gasteiger partial charge in [-0.25, -0.2) is 4.79 Å². The Morgan fingerprint density at radius 3 is 2.40 bits per heavy atom. The molecule has 0 aromatic heterocycles. The predicted molar refractivity (Wildman–Crippen MR) is 101 cm³/mol. The molecule has 30 heavy (non-hydrogen) atoms. The van der Waals surface area contributed by atoms with Gasteiger partial charge in [0.2, 0.25) is 5.91 Å². The summed E-state index contributed by atoms with van der Waals surface area (Å²) in [5.41, 5.74) is -0.626. The van der Waals surface area contributed by atoms with Crippen molar-refractivity contribution in [3.05, 3.63) is 34.9 Å². The van der Waals surface area contributed by atoms with Gasteiger partial charge in [0.05, 0.1) is 5.56 Å². The minimum Gasteiger partial charge on any atom is -0.334 e. The maximum absolute atomic E-state index is 13.4. The number of halogens is 3. The lowest BCUT2D eigenvalue weighted by Gasteiger charge is -2.33. The van der Waals surface area contributed by atoms with Crippen molar-refractivity contribution < 1.29 is 27.6 Å². The van der Waals surface area contributed by atoms with Crippen molar-refractivity contribution in [2.45, 2.75) is 57.9 Å². The number of fused-ring (bicyclic) bond motifs is 1. The summed E-state index contributed by atoms with van der Waals surface area (Å²) in [5, 5.41) is 5.05. The Labute approximate surface area is 172 Å². The van der Waals surface area contributed by atoms with E-state index in [9.17, 15) is 27.6 Å². The third-order valence-corrected chi connectivity index (χ3v) is 6.47. The van der Waals surface area contributed by atoms with Crippen molar-refractivity contribution in [3.8, 4) is 0 Å². The number of imide groups is 1. The molecule has 2 unspecified atom stereocenters. The van der Waals surface area contributed by atoms with Crippen LogP contribution >= 0.6 is 0 Å². The molecule has 4 amide bonds. The fourth-order valence-corrected chi connectivity index (χ4v) is 4.60. The molecular formula is C21H24F3N3O3. The number of carbonyl (C=O) groups is 3. The van der Waals surface area contributed by atoms with Gasteiger partial charge in [-0.1, -0.05) is 19.9 Å². The van der Waals surface area contributed by atoms with Gasteiger partial charge in [-0.15, -0.1) is 0 Å². The predicted octanol–water partition coefficient (Wildman–Crippen LogP) is 3.20. The van der Waals surface area contributed by atoms with Gasteiger partial charge < -0.3 is 10.2 Å². The smallest absolute Gasteiger partial charge is 0.334 e. The van der Waals surface area contributed by atoms with Crippen molar-refractivity contribution >= 4 is 17.8 Å². The minimum atomic E-state index is -4.43. The molecule has 2 aliphatic heterocycles. The van der Waals surface area contributed by atoms with Crippen LogP contribution in [0.3, 0.4) is 0 Å². The molecule has 0 radical (unpaired) electrons. The van der Waals surface area contributed by atoms with Gasteiger partial charge in [0, 0.05) is 19.0 Å². The normalized spacial score (nSPS) is 24.7. The number of urea groups is 1. The molecule has 3 aliphatic rings. The van der Waals surface area contributed by atoms with E-state index in [1.807, 2.05) is 13.8 Å². The number of rotatable bonds is 5. The fraction of sp³-hybridized carbons (Fsp3) is 0.571. The van der Waals surface area contributed by atoms with Crippen molar-refractivity contribution in [1.82, 2.24) is 15.5 Å². The molecule has 4 rings (SSSR count). The number of amides is 4. The Morgan fingerprint density at radius 2 is 1.87 bits per heavy atom. The first-order chi connectivity index (χ1) is 14.0. The quantitative estimate of drug-likeness (QED) is 0.714. The molecule has 0 spiro atoms. The van der Waals surface area contributed by atoms with Crippen LogP contribution in [0.5, 0.6) is 0 Å². The molecule has 1 saturated heterocycles. The van der Waals surface area contributed by atoms with Gasteiger partial charge in [0.25, 0.3) is 5.91 Å². The van der Waals surface area contributed by atoms with Crippen LogP contribution in [0.4, 0.5) is 18.0 Å². The number of hydrogen-bond donors (Lipinski definition) is 2. The number of hydrogen-bond acceptors (Lipinski definition) is 3. The first kappa shape index (κ1) is 20.7. The van der Waals surface area contributed by atoms with E-state index in [0.29, 0.717) is 11.1 Å². The average molecular weight is 423 g/mol. The number of nitrogens with one attached hydrogen (secondary N) is 2. The molecule has 0 bridgehead atoms. The van der Waals surface area contributed by atoms with Gasteiger partial charge >= 0.3 is 12.2 Å². The summed E-state index contributed by atoms with van der Waals surface area (Å²) in [6.45, 7) is 4.10. The second-order valence-corrected chi connectivity index (χ2v) is 8.88. The van der Waals surface area contributed by atoms with E-state index in [-0.39, 0.29) is 37.3 Å². The topological polar surface area (TPSA) is 78.5 Å². The molecule has 1 aliphatic carbocycles. The summed E-state index contributed by atoms with van der Waals surface area (Å²) in [5.74, 6) is -1.24. The van der Waals surface area contributed by atoms with Crippen molar-refractivity contribution in [3.63, 3.8) is 0 Å². The van der Waals surface area contributed by atoms with E-state index in [0.717, 1.165) is 25.0 Å². The molecule has 1 aromatic rings. The van der Waals surface area contributed by atoms with Gasteiger partial charge in [-0.2, -0.15) is 13.2 Å². The van der Waals surface area contributed by atoms with E-state index >= 15 is 0 Å². The summed E-state index contributed by atoms with van der Waals surface area (Å²) < 4.78 is 39.0. The average Bonchev–Trinajstić information content (AvgIpc) is 3.35. The maximum Gasteiger partial charge on any atom is 0.416 e. The lowest BCUT2D eigenvalue weighted by Crippen LogP contribution is -2.52. The van der Waals surface area contributed by atoms with Crippen LogP contribution in [0.25, 0.3) is 0 Å². The fourth-order valence-electron chi connectivity index (χ4n) is 4.60. The molecule has 9 heteroatoms. The van der Waals surface area contributed by atoms with Crippen molar-refractivity contribution in [2.75, 3.05) is 0 Å². The molecule has 6 nitrogen and oxygen atoms in total. The molecule has 1 aromatic carbocycles. The molecule has 2 heterocycles. The lowest BCUT2D eigenvalue weighted by molar-refractivity contribution is -0.139. The number of carbonyl (C=O) groups excluding carboxylic acids is 3. The summed E-state index contributed by atoms with van der Waals surface area (Å²) in [6.07, 6.45) is -2.63. The number of nitrogens with zero attached hydrogens (tertiary/aromatic N) is 1. The van der Waals surface area contributed by atoms with E-state index < -0.39 is 35.1 Å². The van der Waals surface area contributed by atoms with Crippen LogP contribution in [0, 0.1) is 17.8 Å². The van der Waals surface area contributed by atoms with Crippen molar-refractivity contribution in [1.29, 1.82) is 0 Å². The van der Waals surface area contributed by atoms with Gasteiger partial charge in [-0.05, 0) is 54.4 Å². The highest BCUT2D eigenvalue weighted by molar-refractivity contribution is 6.07. The van der Waals surface area contributed by atoms with E-state index in [1.54, 1.807) is 4.90 Å². The van der Waals surface area contributed by atoms with Gasteiger partial charge in [0.15, 0.2) is 0 Å². The van der Waals surface area contributed by atoms with Crippen LogP contribution in [0.1, 0.15) is 49.8 Å². The zero-order valence-electron chi connectivity index (χ0n) is 16.8. The Balaban J connectivity index is 1.54. The second kappa shape index (κ2) is 6.99. The Kier molecular flexibility index (Phi) is 4.82. The van der Waals surface area contributed by atoms with E-state index in [2.05, 4.69) is 10.6 Å². The second-order valence-electron chi connectivity index (χ2n) is 8.88. The highest BCUT2D eigenvalue weighted by Gasteiger charge is 2.57. The third kappa shape index (κ3) is 3.54. The molecule has 2 atom stereocenters. The molecular weight excluding hydrogens is 399 g/mol. The van der Waals surface area contributed by atoms with Gasteiger partial charge in [0.1, 0.15) is 5.54 Å². The summed E-state index contributed by atoms with van der Waals surface area (Å²) in [6, 6.07) is 3.01. The minimum absolute atomic E-state index is 0.00289. The van der Waals surface area contributed by atoms with Crippen LogP contribution < -0.4 is 10.6 Å². The third-order valence-electron chi connectivity index (χ3n) is 6.47. The molecule has 2 fully saturated rings. The van der Waals surface area contributed by atoms with Crippen LogP contribution in [-0.2, 0) is 28.9 Å².